The highest BCUT2D eigenvalue weighted by molar-refractivity contribution is 5.86. The summed E-state index contributed by atoms with van der Waals surface area (Å²) in [4.78, 5) is 32.2. The van der Waals surface area contributed by atoms with Crippen LogP contribution in [0.4, 0.5) is 5.69 Å². The van der Waals surface area contributed by atoms with Crippen molar-refractivity contribution in [2.24, 2.45) is 0 Å². The molecule has 0 saturated carbocycles. The summed E-state index contributed by atoms with van der Waals surface area (Å²) >= 11 is 0. The number of carbonyl (C=O) groups is 2. The zero-order valence-corrected chi connectivity index (χ0v) is 18.9. The Morgan fingerprint density at radius 1 is 1.09 bits per heavy atom. The van der Waals surface area contributed by atoms with Gasteiger partial charge in [0.05, 0.1) is 6.54 Å². The van der Waals surface area contributed by atoms with Gasteiger partial charge < -0.3 is 20.1 Å². The highest BCUT2D eigenvalue weighted by atomic mass is 16.2. The molecule has 2 heterocycles. The zero-order valence-electron chi connectivity index (χ0n) is 18.9. The maximum Gasteiger partial charge on any atom is 0.239 e. The third kappa shape index (κ3) is 4.96. The molecule has 0 bridgehead atoms. The van der Waals surface area contributed by atoms with Gasteiger partial charge in [-0.3, -0.25) is 9.59 Å². The summed E-state index contributed by atoms with van der Waals surface area (Å²) in [6.07, 6.45) is 5.52. The van der Waals surface area contributed by atoms with Crippen LogP contribution in [0.1, 0.15) is 42.7 Å². The van der Waals surface area contributed by atoms with E-state index in [4.69, 9.17) is 0 Å². The first-order valence-electron chi connectivity index (χ1n) is 11.4. The van der Waals surface area contributed by atoms with Crippen LogP contribution in [0.5, 0.6) is 0 Å². The van der Waals surface area contributed by atoms with Gasteiger partial charge >= 0.3 is 0 Å². The third-order valence-electron chi connectivity index (χ3n) is 6.32. The van der Waals surface area contributed by atoms with E-state index in [1.165, 1.54) is 0 Å². The lowest BCUT2D eigenvalue weighted by molar-refractivity contribution is -0.135. The lowest BCUT2D eigenvalue weighted by Gasteiger charge is -2.22. The maximum absolute atomic E-state index is 12.8. The molecule has 2 N–H and O–H groups in total. The van der Waals surface area contributed by atoms with Crippen LogP contribution in [-0.4, -0.2) is 55.4 Å². The van der Waals surface area contributed by atoms with Gasteiger partial charge in [0.25, 0.3) is 0 Å². The summed E-state index contributed by atoms with van der Waals surface area (Å²) < 4.78 is 0. The molecule has 168 valence electrons. The van der Waals surface area contributed by atoms with E-state index in [0.29, 0.717) is 19.5 Å². The van der Waals surface area contributed by atoms with Crippen molar-refractivity contribution in [3.05, 3.63) is 65.9 Å². The Labute approximate surface area is 189 Å². The number of para-hydroxylation sites is 1. The van der Waals surface area contributed by atoms with Crippen LogP contribution in [0.2, 0.25) is 0 Å². The summed E-state index contributed by atoms with van der Waals surface area (Å²) in [6.45, 7) is 1.28. The van der Waals surface area contributed by atoms with Gasteiger partial charge in [-0.2, -0.15) is 0 Å². The summed E-state index contributed by atoms with van der Waals surface area (Å²) in [5.74, 6) is -0.00810. The highest BCUT2D eigenvalue weighted by Gasteiger charge is 2.22. The van der Waals surface area contributed by atoms with E-state index in [-0.39, 0.29) is 24.3 Å². The molecule has 4 rings (SSSR count). The topological polar surface area (TPSA) is 68.4 Å². The van der Waals surface area contributed by atoms with E-state index in [9.17, 15) is 9.59 Å². The molecule has 3 aromatic rings. The van der Waals surface area contributed by atoms with Crippen LogP contribution in [0.3, 0.4) is 0 Å². The second-order valence-electron chi connectivity index (χ2n) is 8.76. The summed E-state index contributed by atoms with van der Waals surface area (Å²) in [6, 6.07) is 16.7. The summed E-state index contributed by atoms with van der Waals surface area (Å²) in [7, 11) is 4.05. The van der Waals surface area contributed by atoms with Gasteiger partial charge in [0, 0.05) is 62.3 Å². The molecule has 1 aromatic heterocycles. The lowest BCUT2D eigenvalue weighted by atomic mass is 9.90. The Bertz CT molecular complexity index is 1070. The number of rotatable bonds is 7. The molecule has 1 saturated heterocycles. The quantitative estimate of drug-likeness (QED) is 0.595. The molecular formula is C26H32N4O2. The number of hydrogen-bond acceptors (Lipinski definition) is 3. The fraction of sp³-hybridized carbons (Fsp3) is 0.385. The Balaban J connectivity index is 1.54. The number of hydrogen-bond donors (Lipinski definition) is 2. The lowest BCUT2D eigenvalue weighted by Crippen LogP contribution is -2.41. The highest BCUT2D eigenvalue weighted by Crippen LogP contribution is 2.31. The van der Waals surface area contributed by atoms with Crippen LogP contribution in [0.15, 0.2) is 54.7 Å². The number of aromatic amines is 1. The number of H-pyrrole nitrogens is 1. The molecule has 1 aliphatic rings. The number of benzene rings is 2. The summed E-state index contributed by atoms with van der Waals surface area (Å²) in [5, 5.41) is 4.26. The van der Waals surface area contributed by atoms with Crippen LogP contribution in [0.25, 0.3) is 10.9 Å². The summed E-state index contributed by atoms with van der Waals surface area (Å²) in [5.41, 5.74) is 4.52. The Hall–Kier alpha value is -3.28. The smallest absolute Gasteiger partial charge is 0.239 e. The largest absolute Gasteiger partial charge is 0.378 e. The Morgan fingerprint density at radius 3 is 2.66 bits per heavy atom. The van der Waals surface area contributed by atoms with Crippen molar-refractivity contribution in [1.82, 2.24) is 15.2 Å². The molecule has 6 heteroatoms. The van der Waals surface area contributed by atoms with Gasteiger partial charge in [-0.15, -0.1) is 0 Å². The molecule has 2 aromatic carbocycles. The third-order valence-corrected chi connectivity index (χ3v) is 6.32. The predicted molar refractivity (Wildman–Crippen MR) is 129 cm³/mol. The molecule has 1 atom stereocenters. The van der Waals surface area contributed by atoms with Crippen molar-refractivity contribution >= 4 is 28.4 Å². The van der Waals surface area contributed by atoms with Gasteiger partial charge in [0.2, 0.25) is 11.8 Å². The number of aromatic nitrogens is 1. The molecule has 0 aliphatic carbocycles. The van der Waals surface area contributed by atoms with Crippen molar-refractivity contribution in [1.29, 1.82) is 0 Å². The normalized spacial score (nSPS) is 15.4. The Morgan fingerprint density at radius 2 is 1.88 bits per heavy atom. The number of nitrogens with one attached hydrogen (secondary N) is 2. The number of nitrogens with zero attached hydrogens (tertiary/aromatic N) is 2. The SMILES string of the molecule is CN(C)c1ccc(C(CNC(=O)CN2CCCCCC2=O)c2c[nH]c3ccccc23)cc1. The minimum Gasteiger partial charge on any atom is -0.378 e. The number of likely N-dealkylation sites (tertiary alicyclic amines) is 1. The van der Waals surface area contributed by atoms with Crippen LogP contribution >= 0.6 is 0 Å². The number of amides is 2. The standard InChI is InChI=1S/C26H32N4O2/c1-29(2)20-13-11-19(12-14-20)22(23-17-27-24-9-6-5-8-21(23)24)16-28-25(31)18-30-15-7-3-4-10-26(30)32/h5-6,8-9,11-14,17,22,27H,3-4,7,10,15-16,18H2,1-2H3,(H,28,31). The molecule has 6 nitrogen and oxygen atoms in total. The minimum atomic E-state index is -0.102. The van der Waals surface area contributed by atoms with Crippen molar-refractivity contribution in [2.75, 3.05) is 38.6 Å². The molecule has 1 fully saturated rings. The predicted octanol–water partition coefficient (Wildman–Crippen LogP) is 3.88. The van der Waals surface area contributed by atoms with E-state index in [1.807, 2.05) is 32.4 Å². The average Bonchev–Trinajstić information content (AvgIpc) is 3.12. The molecule has 0 radical (unpaired) electrons. The molecule has 0 spiro atoms. The van der Waals surface area contributed by atoms with E-state index >= 15 is 0 Å². The fourth-order valence-corrected chi connectivity index (χ4v) is 4.45. The first-order valence-corrected chi connectivity index (χ1v) is 11.4. The van der Waals surface area contributed by atoms with Crippen molar-refractivity contribution in [3.8, 4) is 0 Å². The molecule has 32 heavy (non-hydrogen) atoms. The number of fused-ring (bicyclic) bond motifs is 1. The fourth-order valence-electron chi connectivity index (χ4n) is 4.45. The van der Waals surface area contributed by atoms with Gasteiger partial charge in [0.15, 0.2) is 0 Å². The Kier molecular flexibility index (Phi) is 6.78. The first kappa shape index (κ1) is 21.9. The van der Waals surface area contributed by atoms with Gasteiger partial charge in [-0.1, -0.05) is 36.8 Å². The second kappa shape index (κ2) is 9.90. The monoisotopic (exact) mass is 432 g/mol. The maximum atomic E-state index is 12.8. The van der Waals surface area contributed by atoms with Gasteiger partial charge in [-0.25, -0.2) is 0 Å². The minimum absolute atomic E-state index is 0.00569. The average molecular weight is 433 g/mol. The van der Waals surface area contributed by atoms with Crippen molar-refractivity contribution in [3.63, 3.8) is 0 Å². The molecule has 1 aliphatic heterocycles. The molecule has 1 unspecified atom stereocenters. The van der Waals surface area contributed by atoms with Crippen LogP contribution < -0.4 is 10.2 Å². The van der Waals surface area contributed by atoms with Crippen molar-refractivity contribution < 1.29 is 9.59 Å². The molecule has 2 amide bonds. The van der Waals surface area contributed by atoms with Gasteiger partial charge in [0.1, 0.15) is 0 Å². The van der Waals surface area contributed by atoms with Crippen LogP contribution in [0, 0.1) is 0 Å². The number of carbonyl (C=O) groups excluding carboxylic acids is 2. The van der Waals surface area contributed by atoms with E-state index in [2.05, 4.69) is 51.6 Å². The zero-order chi connectivity index (χ0) is 22.5. The first-order chi connectivity index (χ1) is 15.5. The second-order valence-corrected chi connectivity index (χ2v) is 8.76. The van der Waals surface area contributed by atoms with E-state index in [1.54, 1.807) is 4.90 Å². The van der Waals surface area contributed by atoms with Crippen LogP contribution in [-0.2, 0) is 9.59 Å². The molecular weight excluding hydrogens is 400 g/mol. The van der Waals surface area contributed by atoms with E-state index in [0.717, 1.165) is 47.0 Å². The van der Waals surface area contributed by atoms with Gasteiger partial charge in [-0.05, 0) is 42.2 Å². The van der Waals surface area contributed by atoms with Crippen molar-refractivity contribution in [2.45, 2.75) is 31.6 Å². The number of anilines is 1. The van der Waals surface area contributed by atoms with E-state index < -0.39 is 0 Å².